The van der Waals surface area contributed by atoms with Gasteiger partial charge >= 0.3 is 0 Å². The summed E-state index contributed by atoms with van der Waals surface area (Å²) in [7, 11) is 0. The van der Waals surface area contributed by atoms with Gasteiger partial charge in [0.05, 0.1) is 0 Å². The molecule has 2 rings (SSSR count). The molecule has 1 atom stereocenters. The Labute approximate surface area is 123 Å². The van der Waals surface area contributed by atoms with E-state index in [1.807, 2.05) is 0 Å². The van der Waals surface area contributed by atoms with Gasteiger partial charge in [-0.25, -0.2) is 0 Å². The monoisotopic (exact) mass is 278 g/mol. The fraction of sp³-hybridized carbons (Fsp3) is 0.778. The molecule has 1 aromatic heterocycles. The number of fused-ring (bicyclic) bond motifs is 1. The molecule has 0 fully saturated rings. The lowest BCUT2D eigenvalue weighted by Gasteiger charge is -2.21. The van der Waals surface area contributed by atoms with Crippen LogP contribution >= 0.6 is 11.3 Å². The Morgan fingerprint density at radius 1 is 1.21 bits per heavy atom. The van der Waals surface area contributed by atoms with E-state index >= 15 is 0 Å². The zero-order valence-electron chi connectivity index (χ0n) is 13.6. The average molecular weight is 279 g/mol. The molecule has 19 heavy (non-hydrogen) atoms. The summed E-state index contributed by atoms with van der Waals surface area (Å²) in [6, 6.07) is 0. The first-order valence-corrected chi connectivity index (χ1v) is 8.81. The van der Waals surface area contributed by atoms with Gasteiger partial charge in [0.25, 0.3) is 0 Å². The molecule has 0 N–H and O–H groups in total. The molecule has 0 amide bonds. The molecule has 108 valence electrons. The topological polar surface area (TPSA) is 0 Å². The molecule has 1 aromatic rings. The van der Waals surface area contributed by atoms with Crippen LogP contribution in [0.15, 0.2) is 0 Å². The maximum Gasteiger partial charge on any atom is 0.0114 e. The summed E-state index contributed by atoms with van der Waals surface area (Å²) < 4.78 is 0. The smallest absolute Gasteiger partial charge is 0.0114 e. The number of thiophene rings is 1. The highest BCUT2D eigenvalue weighted by molar-refractivity contribution is 7.12. The van der Waals surface area contributed by atoms with E-state index < -0.39 is 0 Å². The van der Waals surface area contributed by atoms with Gasteiger partial charge in [-0.2, -0.15) is 0 Å². The van der Waals surface area contributed by atoms with Crippen LogP contribution in [-0.4, -0.2) is 0 Å². The molecule has 1 aliphatic rings. The Morgan fingerprint density at radius 3 is 2.47 bits per heavy atom. The van der Waals surface area contributed by atoms with Crippen LogP contribution in [0.5, 0.6) is 0 Å². The lowest BCUT2D eigenvalue weighted by atomic mass is 9.85. The van der Waals surface area contributed by atoms with E-state index in [1.54, 1.807) is 20.9 Å². The maximum atomic E-state index is 2.44. The summed E-state index contributed by atoms with van der Waals surface area (Å²) in [4.78, 5) is 3.40. The van der Waals surface area contributed by atoms with Crippen molar-refractivity contribution in [3.63, 3.8) is 0 Å². The number of hydrogen-bond donors (Lipinski definition) is 0. The van der Waals surface area contributed by atoms with Crippen LogP contribution in [-0.2, 0) is 12.8 Å². The van der Waals surface area contributed by atoms with Crippen LogP contribution in [0.2, 0.25) is 0 Å². The minimum absolute atomic E-state index is 0.497. The second-order valence-electron chi connectivity index (χ2n) is 7.44. The summed E-state index contributed by atoms with van der Waals surface area (Å²) in [6.45, 7) is 14.4. The van der Waals surface area contributed by atoms with E-state index in [0.717, 1.165) is 5.92 Å². The highest BCUT2D eigenvalue weighted by Crippen LogP contribution is 2.45. The van der Waals surface area contributed by atoms with E-state index in [1.165, 1.54) is 32.1 Å². The summed E-state index contributed by atoms with van der Waals surface area (Å²) in [5.74, 6) is 1.42. The number of hydrogen-bond acceptors (Lipinski definition) is 1. The first-order chi connectivity index (χ1) is 8.85. The van der Waals surface area contributed by atoms with Gasteiger partial charge in [-0.3, -0.25) is 0 Å². The van der Waals surface area contributed by atoms with Crippen molar-refractivity contribution >= 4 is 11.3 Å². The molecule has 0 saturated carbocycles. The highest BCUT2D eigenvalue weighted by atomic mass is 32.1. The van der Waals surface area contributed by atoms with E-state index in [2.05, 4.69) is 52.9 Å². The zero-order chi connectivity index (χ0) is 14.2. The molecular formula is C18H30S. The van der Waals surface area contributed by atoms with E-state index in [9.17, 15) is 0 Å². The van der Waals surface area contributed by atoms with Crippen molar-refractivity contribution in [1.82, 2.24) is 0 Å². The standard InChI is InChI=1S/C18H30S/c1-7-13(4)17-16(12(2)3)14-9-8-10-18(5,6)11-15(14)19-17/h12-13H,7-11H2,1-6H3. The maximum absolute atomic E-state index is 2.44. The van der Waals surface area contributed by atoms with E-state index in [4.69, 9.17) is 0 Å². The van der Waals surface area contributed by atoms with Crippen molar-refractivity contribution in [3.8, 4) is 0 Å². The largest absolute Gasteiger partial charge is 0.145 e. The van der Waals surface area contributed by atoms with Crippen LogP contribution in [0.1, 0.15) is 93.5 Å². The fourth-order valence-electron chi connectivity index (χ4n) is 3.42. The lowest BCUT2D eigenvalue weighted by Crippen LogP contribution is -2.12. The van der Waals surface area contributed by atoms with Crippen LogP contribution in [0.4, 0.5) is 0 Å². The van der Waals surface area contributed by atoms with Crippen LogP contribution in [0.25, 0.3) is 0 Å². The van der Waals surface area contributed by atoms with Crippen molar-refractivity contribution in [1.29, 1.82) is 0 Å². The SMILES string of the molecule is CCC(C)c1sc2c(c1C(C)C)CCCC(C)(C)C2. The zero-order valence-corrected chi connectivity index (χ0v) is 14.4. The highest BCUT2D eigenvalue weighted by Gasteiger charge is 2.29. The van der Waals surface area contributed by atoms with E-state index in [0.29, 0.717) is 11.3 Å². The molecule has 0 bridgehead atoms. The van der Waals surface area contributed by atoms with E-state index in [-0.39, 0.29) is 0 Å². The normalized spacial score (nSPS) is 20.2. The fourth-order valence-corrected chi connectivity index (χ4v) is 5.32. The van der Waals surface area contributed by atoms with Crippen molar-refractivity contribution in [2.45, 2.75) is 85.5 Å². The molecule has 1 unspecified atom stereocenters. The van der Waals surface area contributed by atoms with Crippen LogP contribution in [0, 0.1) is 5.41 Å². The predicted molar refractivity (Wildman–Crippen MR) is 87.5 cm³/mol. The average Bonchev–Trinajstić information content (AvgIpc) is 2.59. The van der Waals surface area contributed by atoms with Gasteiger partial charge < -0.3 is 0 Å². The third-order valence-electron chi connectivity index (χ3n) is 4.72. The van der Waals surface area contributed by atoms with Gasteiger partial charge in [0.1, 0.15) is 0 Å². The molecule has 0 radical (unpaired) electrons. The van der Waals surface area contributed by atoms with Gasteiger partial charge in [-0.1, -0.05) is 41.5 Å². The van der Waals surface area contributed by atoms with Crippen LogP contribution in [0.3, 0.4) is 0 Å². The third-order valence-corrected chi connectivity index (χ3v) is 6.20. The van der Waals surface area contributed by atoms with Gasteiger partial charge in [0.2, 0.25) is 0 Å². The summed E-state index contributed by atoms with van der Waals surface area (Å²) >= 11 is 2.14. The van der Waals surface area contributed by atoms with Crippen molar-refractivity contribution in [2.75, 3.05) is 0 Å². The summed E-state index contributed by atoms with van der Waals surface area (Å²) in [5.41, 5.74) is 3.95. The second kappa shape index (κ2) is 5.60. The quantitative estimate of drug-likeness (QED) is 0.570. The van der Waals surface area contributed by atoms with Gasteiger partial charge in [-0.05, 0) is 60.5 Å². The Hall–Kier alpha value is -0.300. The molecule has 0 spiro atoms. The lowest BCUT2D eigenvalue weighted by molar-refractivity contribution is 0.334. The van der Waals surface area contributed by atoms with Crippen LogP contribution < -0.4 is 0 Å². The molecule has 0 aliphatic heterocycles. The van der Waals surface area contributed by atoms with Crippen molar-refractivity contribution in [2.24, 2.45) is 5.41 Å². The van der Waals surface area contributed by atoms with Crippen molar-refractivity contribution in [3.05, 3.63) is 20.9 Å². The summed E-state index contributed by atoms with van der Waals surface area (Å²) in [6.07, 6.45) is 6.63. The second-order valence-corrected chi connectivity index (χ2v) is 8.58. The van der Waals surface area contributed by atoms with Gasteiger partial charge in [0.15, 0.2) is 0 Å². The minimum atomic E-state index is 0.497. The van der Waals surface area contributed by atoms with Crippen molar-refractivity contribution < 1.29 is 0 Å². The Kier molecular flexibility index (Phi) is 4.45. The number of rotatable bonds is 3. The Bertz CT molecular complexity index is 437. The molecule has 1 heteroatoms. The third kappa shape index (κ3) is 3.07. The Balaban J connectivity index is 2.49. The first kappa shape index (κ1) is 15.1. The molecule has 0 saturated heterocycles. The molecule has 0 aromatic carbocycles. The first-order valence-electron chi connectivity index (χ1n) is 8.00. The summed E-state index contributed by atoms with van der Waals surface area (Å²) in [5, 5.41) is 0. The molecular weight excluding hydrogens is 248 g/mol. The van der Waals surface area contributed by atoms with Gasteiger partial charge in [0, 0.05) is 9.75 Å². The Morgan fingerprint density at radius 2 is 1.89 bits per heavy atom. The van der Waals surface area contributed by atoms with Gasteiger partial charge in [-0.15, -0.1) is 11.3 Å². The molecule has 0 nitrogen and oxygen atoms in total. The minimum Gasteiger partial charge on any atom is -0.145 e. The predicted octanol–water partition coefficient (Wildman–Crippen LogP) is 6.29. The molecule has 1 aliphatic carbocycles. The molecule has 1 heterocycles.